The molecular weight excluding hydrogens is 278 g/mol. The predicted octanol–water partition coefficient (Wildman–Crippen LogP) is 2.73. The van der Waals surface area contributed by atoms with Gasteiger partial charge in [-0.1, -0.05) is 0 Å². The molecule has 2 aliphatic rings. The molecule has 5 heteroatoms. The quantitative estimate of drug-likeness (QED) is 0.872. The number of likely N-dealkylation sites (tertiary alicyclic amines) is 1. The normalized spacial score (nSPS) is 28.7. The molecule has 0 amide bonds. The summed E-state index contributed by atoms with van der Waals surface area (Å²) < 4.78 is 11.5. The Balaban J connectivity index is 1.41. The lowest BCUT2D eigenvalue weighted by Gasteiger charge is -2.33. The molecule has 2 aromatic heterocycles. The second-order valence-electron chi connectivity index (χ2n) is 6.34. The van der Waals surface area contributed by atoms with Crippen LogP contribution in [0.3, 0.4) is 0 Å². The Morgan fingerprint density at radius 3 is 3.14 bits per heavy atom. The minimum absolute atomic E-state index is 0.130. The summed E-state index contributed by atoms with van der Waals surface area (Å²) in [7, 11) is 0. The Bertz CT molecular complexity index is 629. The zero-order valence-electron chi connectivity index (χ0n) is 12.8. The second kappa shape index (κ2) is 5.82. The van der Waals surface area contributed by atoms with Crippen LogP contribution in [0.2, 0.25) is 0 Å². The molecule has 4 rings (SSSR count). The van der Waals surface area contributed by atoms with Gasteiger partial charge in [-0.2, -0.15) is 0 Å². The van der Waals surface area contributed by atoms with E-state index in [1.807, 2.05) is 31.5 Å². The molecule has 0 spiro atoms. The van der Waals surface area contributed by atoms with Crippen molar-refractivity contribution < 1.29 is 9.15 Å². The third kappa shape index (κ3) is 2.78. The second-order valence-corrected chi connectivity index (χ2v) is 6.34. The average Bonchev–Trinajstić information content (AvgIpc) is 3.16. The maximum Gasteiger partial charge on any atom is 0.125 e. The van der Waals surface area contributed by atoms with Crippen molar-refractivity contribution in [2.45, 2.75) is 38.5 Å². The van der Waals surface area contributed by atoms with Gasteiger partial charge in [0.25, 0.3) is 0 Å². The molecule has 4 heterocycles. The van der Waals surface area contributed by atoms with Gasteiger partial charge in [0.2, 0.25) is 0 Å². The van der Waals surface area contributed by atoms with Crippen molar-refractivity contribution in [3.8, 4) is 0 Å². The van der Waals surface area contributed by atoms with Crippen LogP contribution in [-0.4, -0.2) is 34.1 Å². The molecule has 3 atom stereocenters. The maximum atomic E-state index is 6.30. The van der Waals surface area contributed by atoms with E-state index in [0.29, 0.717) is 12.0 Å². The standard InChI is InChI=1S/C17H21N3O2/c1-12-18-5-2-15(19-12)16-8-14-3-6-20(10-17(14)22-16)9-13-4-7-21-11-13/h2,4-5,7,11,14,16-17H,3,6,8-10H2,1H3/t14-,16+,17+/m1/s1. The summed E-state index contributed by atoms with van der Waals surface area (Å²) >= 11 is 0. The van der Waals surface area contributed by atoms with E-state index in [0.717, 1.165) is 37.6 Å². The van der Waals surface area contributed by atoms with Crippen molar-refractivity contribution in [2.24, 2.45) is 5.92 Å². The van der Waals surface area contributed by atoms with E-state index in [1.54, 1.807) is 6.26 Å². The minimum Gasteiger partial charge on any atom is -0.472 e. The number of aryl methyl sites for hydroxylation is 1. The third-order valence-corrected chi connectivity index (χ3v) is 4.75. The molecule has 2 aliphatic heterocycles. The molecule has 0 aromatic carbocycles. The largest absolute Gasteiger partial charge is 0.472 e. The highest BCUT2D eigenvalue weighted by Gasteiger charge is 2.40. The molecule has 2 aromatic rings. The van der Waals surface area contributed by atoms with E-state index in [-0.39, 0.29) is 6.10 Å². The summed E-state index contributed by atoms with van der Waals surface area (Å²) in [4.78, 5) is 11.2. The number of fused-ring (bicyclic) bond motifs is 1. The average molecular weight is 299 g/mol. The lowest BCUT2D eigenvalue weighted by molar-refractivity contribution is -0.0107. The molecule has 22 heavy (non-hydrogen) atoms. The lowest BCUT2D eigenvalue weighted by Crippen LogP contribution is -2.41. The van der Waals surface area contributed by atoms with Crippen LogP contribution in [-0.2, 0) is 11.3 Å². The topological polar surface area (TPSA) is 51.4 Å². The Labute approximate surface area is 130 Å². The molecule has 0 saturated carbocycles. The van der Waals surface area contributed by atoms with Crippen LogP contribution in [0, 0.1) is 12.8 Å². The van der Waals surface area contributed by atoms with Gasteiger partial charge in [0.15, 0.2) is 0 Å². The lowest BCUT2D eigenvalue weighted by atomic mass is 9.91. The number of nitrogens with zero attached hydrogens (tertiary/aromatic N) is 3. The Morgan fingerprint density at radius 2 is 2.32 bits per heavy atom. The number of hydrogen-bond acceptors (Lipinski definition) is 5. The van der Waals surface area contributed by atoms with Crippen LogP contribution < -0.4 is 0 Å². The summed E-state index contributed by atoms with van der Waals surface area (Å²) in [6.45, 7) is 5.00. The molecule has 116 valence electrons. The maximum absolute atomic E-state index is 6.30. The van der Waals surface area contributed by atoms with E-state index in [1.165, 1.54) is 12.0 Å². The van der Waals surface area contributed by atoms with Gasteiger partial charge in [0.1, 0.15) is 11.9 Å². The smallest absolute Gasteiger partial charge is 0.125 e. The van der Waals surface area contributed by atoms with E-state index >= 15 is 0 Å². The highest BCUT2D eigenvalue weighted by atomic mass is 16.5. The van der Waals surface area contributed by atoms with Gasteiger partial charge >= 0.3 is 0 Å². The summed E-state index contributed by atoms with van der Waals surface area (Å²) in [5.74, 6) is 1.47. The monoisotopic (exact) mass is 299 g/mol. The Hall–Kier alpha value is -1.72. The summed E-state index contributed by atoms with van der Waals surface area (Å²) in [6.07, 6.45) is 8.12. The van der Waals surface area contributed by atoms with Gasteiger partial charge in [-0.05, 0) is 44.4 Å². The fourth-order valence-electron chi connectivity index (χ4n) is 3.62. The summed E-state index contributed by atoms with van der Waals surface area (Å²) in [5, 5.41) is 0. The van der Waals surface area contributed by atoms with Crippen LogP contribution in [0.25, 0.3) is 0 Å². The number of furan rings is 1. The first-order valence-electron chi connectivity index (χ1n) is 7.96. The molecule has 5 nitrogen and oxygen atoms in total. The third-order valence-electron chi connectivity index (χ3n) is 4.75. The first-order chi connectivity index (χ1) is 10.8. The molecule has 0 unspecified atom stereocenters. The van der Waals surface area contributed by atoms with E-state index in [9.17, 15) is 0 Å². The van der Waals surface area contributed by atoms with E-state index in [2.05, 4.69) is 14.9 Å². The van der Waals surface area contributed by atoms with Crippen molar-refractivity contribution in [1.29, 1.82) is 0 Å². The van der Waals surface area contributed by atoms with Gasteiger partial charge in [-0.15, -0.1) is 0 Å². The molecule has 2 saturated heterocycles. The van der Waals surface area contributed by atoms with Crippen molar-refractivity contribution in [3.63, 3.8) is 0 Å². The van der Waals surface area contributed by atoms with Gasteiger partial charge < -0.3 is 9.15 Å². The zero-order chi connectivity index (χ0) is 14.9. The fraction of sp³-hybridized carbons (Fsp3) is 0.529. The molecular formula is C17H21N3O2. The van der Waals surface area contributed by atoms with Crippen LogP contribution in [0.4, 0.5) is 0 Å². The molecule has 0 aliphatic carbocycles. The van der Waals surface area contributed by atoms with Gasteiger partial charge in [0.05, 0.1) is 24.3 Å². The predicted molar refractivity (Wildman–Crippen MR) is 81.1 cm³/mol. The number of hydrogen-bond donors (Lipinski definition) is 0. The van der Waals surface area contributed by atoms with Crippen molar-refractivity contribution in [3.05, 3.63) is 47.9 Å². The molecule has 0 bridgehead atoms. The van der Waals surface area contributed by atoms with Crippen LogP contribution >= 0.6 is 0 Å². The van der Waals surface area contributed by atoms with Crippen LogP contribution in [0.15, 0.2) is 35.3 Å². The first kappa shape index (κ1) is 13.9. The van der Waals surface area contributed by atoms with E-state index < -0.39 is 0 Å². The fourth-order valence-corrected chi connectivity index (χ4v) is 3.62. The summed E-state index contributed by atoms with van der Waals surface area (Å²) in [6, 6.07) is 4.02. The number of rotatable bonds is 3. The molecule has 0 radical (unpaired) electrons. The zero-order valence-corrected chi connectivity index (χ0v) is 12.8. The van der Waals surface area contributed by atoms with Gasteiger partial charge in [-0.25, -0.2) is 9.97 Å². The van der Waals surface area contributed by atoms with Gasteiger partial charge in [-0.3, -0.25) is 4.90 Å². The number of ether oxygens (including phenoxy) is 1. The molecule has 2 fully saturated rings. The molecule has 0 N–H and O–H groups in total. The van der Waals surface area contributed by atoms with Gasteiger partial charge in [0, 0.05) is 24.8 Å². The Kier molecular flexibility index (Phi) is 3.68. The number of piperidine rings is 1. The highest BCUT2D eigenvalue weighted by Crippen LogP contribution is 2.40. The van der Waals surface area contributed by atoms with Crippen molar-refractivity contribution >= 4 is 0 Å². The van der Waals surface area contributed by atoms with Crippen LogP contribution in [0.5, 0.6) is 0 Å². The number of aromatic nitrogens is 2. The first-order valence-corrected chi connectivity index (χ1v) is 7.96. The Morgan fingerprint density at radius 1 is 1.36 bits per heavy atom. The van der Waals surface area contributed by atoms with E-state index in [4.69, 9.17) is 9.15 Å². The summed E-state index contributed by atoms with van der Waals surface area (Å²) in [5.41, 5.74) is 2.27. The minimum atomic E-state index is 0.130. The van der Waals surface area contributed by atoms with Crippen LogP contribution in [0.1, 0.15) is 36.0 Å². The van der Waals surface area contributed by atoms with Crippen molar-refractivity contribution in [1.82, 2.24) is 14.9 Å². The SMILES string of the molecule is Cc1nccc([C@@H]2C[C@H]3CCN(Cc4ccoc4)C[C@@H]3O2)n1. The highest BCUT2D eigenvalue weighted by molar-refractivity contribution is 5.09. The van der Waals surface area contributed by atoms with Crippen molar-refractivity contribution in [2.75, 3.05) is 13.1 Å².